The molecule has 1 saturated carbocycles. The van der Waals surface area contributed by atoms with Crippen LogP contribution >= 0.6 is 0 Å². The molecule has 14 heavy (non-hydrogen) atoms. The van der Waals surface area contributed by atoms with Crippen LogP contribution in [0.1, 0.15) is 25.7 Å². The van der Waals surface area contributed by atoms with Gasteiger partial charge in [0, 0.05) is 19.7 Å². The molecule has 1 saturated heterocycles. The average molecular weight is 199 g/mol. The van der Waals surface area contributed by atoms with Crippen molar-refractivity contribution in [1.29, 1.82) is 0 Å². The monoisotopic (exact) mass is 199 g/mol. The van der Waals surface area contributed by atoms with E-state index in [0.717, 1.165) is 25.8 Å². The van der Waals surface area contributed by atoms with Gasteiger partial charge >= 0.3 is 0 Å². The molecule has 0 radical (unpaired) electrons. The molecule has 2 N–H and O–H groups in total. The van der Waals surface area contributed by atoms with Crippen molar-refractivity contribution in [3.8, 4) is 0 Å². The van der Waals surface area contributed by atoms with Gasteiger partial charge in [0.15, 0.2) is 0 Å². The largest absolute Gasteiger partial charge is 0.396 e. The fourth-order valence-electron chi connectivity index (χ4n) is 2.21. The number of nitrogens with zero attached hydrogens (tertiary/aromatic N) is 1. The molecule has 1 unspecified atom stereocenters. The van der Waals surface area contributed by atoms with Gasteiger partial charge in [-0.3, -0.25) is 4.79 Å². The molecule has 0 aromatic heterocycles. The lowest BCUT2D eigenvalue weighted by Gasteiger charge is -2.22. The Labute approximate surface area is 83.5 Å². The Balaban J connectivity index is 1.88. The van der Waals surface area contributed by atoms with Crippen LogP contribution in [0.25, 0.3) is 0 Å². The zero-order valence-corrected chi connectivity index (χ0v) is 8.28. The van der Waals surface area contributed by atoms with Crippen LogP contribution in [0.4, 0.5) is 0 Å². The lowest BCUT2D eigenvalue weighted by Crippen LogP contribution is -2.32. The van der Waals surface area contributed by atoms with Crippen molar-refractivity contribution in [3.05, 3.63) is 0 Å². The summed E-state index contributed by atoms with van der Waals surface area (Å²) in [6.07, 6.45) is 2.79. The zero-order valence-electron chi connectivity index (χ0n) is 8.28. The Morgan fingerprint density at radius 1 is 1.50 bits per heavy atom. The Kier molecular flexibility index (Phi) is 2.49. The second-order valence-corrected chi connectivity index (χ2v) is 4.61. The summed E-state index contributed by atoms with van der Waals surface area (Å²) in [5.41, 5.74) is 0.175. The molecule has 0 bridgehead atoms. The summed E-state index contributed by atoms with van der Waals surface area (Å²) in [6.45, 7) is 1.40. The number of aliphatic hydroxyl groups excluding tert-OH is 2. The summed E-state index contributed by atoms with van der Waals surface area (Å²) < 4.78 is 0. The maximum atomic E-state index is 11.4. The number of carbonyl (C=O) groups excluding carboxylic acids is 1. The van der Waals surface area contributed by atoms with E-state index in [4.69, 9.17) is 5.11 Å². The maximum absolute atomic E-state index is 11.4. The molecule has 0 aromatic rings. The van der Waals surface area contributed by atoms with Crippen molar-refractivity contribution < 1.29 is 15.0 Å². The van der Waals surface area contributed by atoms with Gasteiger partial charge in [-0.2, -0.15) is 0 Å². The van der Waals surface area contributed by atoms with Crippen LogP contribution in [0.5, 0.6) is 0 Å². The van der Waals surface area contributed by atoms with Crippen molar-refractivity contribution in [2.75, 3.05) is 19.7 Å². The van der Waals surface area contributed by atoms with Crippen LogP contribution in [0, 0.1) is 5.41 Å². The van der Waals surface area contributed by atoms with E-state index in [1.807, 2.05) is 0 Å². The molecule has 1 amide bonds. The van der Waals surface area contributed by atoms with Crippen molar-refractivity contribution in [1.82, 2.24) is 4.90 Å². The van der Waals surface area contributed by atoms with E-state index in [9.17, 15) is 9.90 Å². The average Bonchev–Trinajstić information content (AvgIpc) is 2.77. The minimum absolute atomic E-state index is 0.0571. The van der Waals surface area contributed by atoms with Crippen LogP contribution in [0.15, 0.2) is 0 Å². The van der Waals surface area contributed by atoms with E-state index in [1.54, 1.807) is 4.90 Å². The highest BCUT2D eigenvalue weighted by Gasteiger charge is 2.45. The summed E-state index contributed by atoms with van der Waals surface area (Å²) in [7, 11) is 0. The van der Waals surface area contributed by atoms with E-state index in [2.05, 4.69) is 0 Å². The van der Waals surface area contributed by atoms with Crippen molar-refractivity contribution in [3.63, 3.8) is 0 Å². The number of amides is 1. The molecule has 1 aliphatic carbocycles. The van der Waals surface area contributed by atoms with Gasteiger partial charge in [-0.15, -0.1) is 0 Å². The molecule has 1 heterocycles. The first-order valence-electron chi connectivity index (χ1n) is 5.22. The summed E-state index contributed by atoms with van der Waals surface area (Å²) in [5, 5.41) is 18.2. The third-order valence-corrected chi connectivity index (χ3v) is 3.32. The molecule has 4 heteroatoms. The first-order chi connectivity index (χ1) is 6.65. The van der Waals surface area contributed by atoms with Gasteiger partial charge in [0.1, 0.15) is 0 Å². The molecule has 0 spiro atoms. The molecule has 80 valence electrons. The second-order valence-electron chi connectivity index (χ2n) is 4.61. The lowest BCUT2D eigenvalue weighted by molar-refractivity contribution is -0.128. The Bertz CT molecular complexity index is 238. The Morgan fingerprint density at radius 3 is 2.64 bits per heavy atom. The number of carbonyl (C=O) groups is 1. The van der Waals surface area contributed by atoms with Crippen molar-refractivity contribution in [2.24, 2.45) is 5.41 Å². The number of hydrogen-bond donors (Lipinski definition) is 2. The third-order valence-electron chi connectivity index (χ3n) is 3.32. The molecular weight excluding hydrogens is 182 g/mol. The fraction of sp³-hybridized carbons (Fsp3) is 0.900. The number of hydrogen-bond acceptors (Lipinski definition) is 3. The van der Waals surface area contributed by atoms with Crippen LogP contribution < -0.4 is 0 Å². The molecule has 2 rings (SSSR count). The van der Waals surface area contributed by atoms with Crippen molar-refractivity contribution in [2.45, 2.75) is 31.8 Å². The number of β-amino-alcohol motifs (C(OH)–C–C–N with tert-alkyl or cyclic N) is 1. The normalized spacial score (nSPS) is 29.7. The predicted molar refractivity (Wildman–Crippen MR) is 50.6 cm³/mol. The van der Waals surface area contributed by atoms with Gasteiger partial charge in [-0.25, -0.2) is 0 Å². The SMILES string of the molecule is O=C1CC(O)CN1CC1(CCO)CC1. The van der Waals surface area contributed by atoms with Gasteiger partial charge in [0.2, 0.25) is 5.91 Å². The molecule has 2 fully saturated rings. The van der Waals surface area contributed by atoms with E-state index < -0.39 is 6.10 Å². The topological polar surface area (TPSA) is 60.8 Å². The highest BCUT2D eigenvalue weighted by atomic mass is 16.3. The molecule has 0 aromatic carbocycles. The van der Waals surface area contributed by atoms with E-state index in [-0.39, 0.29) is 24.3 Å². The summed E-state index contributed by atoms with van der Waals surface area (Å²) in [6, 6.07) is 0. The summed E-state index contributed by atoms with van der Waals surface area (Å²) in [5.74, 6) is 0.0571. The van der Waals surface area contributed by atoms with Crippen LogP contribution in [-0.2, 0) is 4.79 Å². The third kappa shape index (κ3) is 1.91. The highest BCUT2D eigenvalue weighted by Crippen LogP contribution is 2.49. The smallest absolute Gasteiger partial charge is 0.225 e. The van der Waals surface area contributed by atoms with Crippen LogP contribution in [0.2, 0.25) is 0 Å². The maximum Gasteiger partial charge on any atom is 0.225 e. The second kappa shape index (κ2) is 3.51. The number of rotatable bonds is 4. The van der Waals surface area contributed by atoms with Crippen LogP contribution in [0.3, 0.4) is 0 Å². The lowest BCUT2D eigenvalue weighted by atomic mass is 10.0. The van der Waals surface area contributed by atoms with Crippen molar-refractivity contribution >= 4 is 5.91 Å². The van der Waals surface area contributed by atoms with E-state index >= 15 is 0 Å². The van der Waals surface area contributed by atoms with Crippen LogP contribution in [-0.4, -0.2) is 46.8 Å². The molecule has 4 nitrogen and oxygen atoms in total. The van der Waals surface area contributed by atoms with Gasteiger partial charge in [0.05, 0.1) is 12.5 Å². The van der Waals surface area contributed by atoms with E-state index in [0.29, 0.717) is 6.54 Å². The minimum atomic E-state index is -0.479. The first kappa shape index (κ1) is 9.93. The van der Waals surface area contributed by atoms with Gasteiger partial charge in [0.25, 0.3) is 0 Å². The quantitative estimate of drug-likeness (QED) is 0.656. The zero-order chi connectivity index (χ0) is 10.2. The number of likely N-dealkylation sites (tertiary alicyclic amines) is 1. The predicted octanol–water partition coefficient (Wildman–Crippen LogP) is -0.258. The Hall–Kier alpha value is -0.610. The summed E-state index contributed by atoms with van der Waals surface area (Å²) in [4.78, 5) is 13.1. The number of aliphatic hydroxyl groups is 2. The van der Waals surface area contributed by atoms with Gasteiger partial charge in [-0.1, -0.05) is 0 Å². The summed E-state index contributed by atoms with van der Waals surface area (Å²) >= 11 is 0. The minimum Gasteiger partial charge on any atom is -0.396 e. The van der Waals surface area contributed by atoms with Gasteiger partial charge < -0.3 is 15.1 Å². The van der Waals surface area contributed by atoms with Gasteiger partial charge in [-0.05, 0) is 24.7 Å². The molecule has 1 atom stereocenters. The molecule has 1 aliphatic heterocycles. The van der Waals surface area contributed by atoms with E-state index in [1.165, 1.54) is 0 Å². The Morgan fingerprint density at radius 2 is 2.21 bits per heavy atom. The highest BCUT2D eigenvalue weighted by molar-refractivity contribution is 5.79. The molecular formula is C10H17NO3. The first-order valence-corrected chi connectivity index (χ1v) is 5.22. The fourth-order valence-corrected chi connectivity index (χ4v) is 2.21. The molecule has 2 aliphatic rings. The standard InChI is InChI=1S/C10H17NO3/c12-4-3-10(1-2-10)7-11-6-8(13)5-9(11)14/h8,12-13H,1-7H2.